The summed E-state index contributed by atoms with van der Waals surface area (Å²) in [7, 11) is 0. The second-order valence-electron chi connectivity index (χ2n) is 6.87. The van der Waals surface area contributed by atoms with Gasteiger partial charge in [-0.3, -0.25) is 4.79 Å². The first-order valence-corrected chi connectivity index (χ1v) is 10.7. The summed E-state index contributed by atoms with van der Waals surface area (Å²) in [5.41, 5.74) is 2.83. The van der Waals surface area contributed by atoms with Crippen LogP contribution in [0, 0.1) is 6.92 Å². The average molecular weight is 416 g/mol. The fraction of sp³-hybridized carbons (Fsp3) is 0.333. The molecule has 4 rings (SSSR count). The fourth-order valence-electron chi connectivity index (χ4n) is 3.44. The van der Waals surface area contributed by atoms with Crippen LogP contribution in [-0.2, 0) is 11.3 Å². The Morgan fingerprint density at radius 3 is 2.89 bits per heavy atom. The number of likely N-dealkylation sites (tertiary alicyclic amines) is 1. The van der Waals surface area contributed by atoms with Crippen LogP contribution in [0.25, 0.3) is 11.5 Å². The maximum atomic E-state index is 11.9. The van der Waals surface area contributed by atoms with Crippen molar-refractivity contribution in [3.05, 3.63) is 57.4 Å². The second-order valence-corrected chi connectivity index (χ2v) is 8.11. The zero-order chi connectivity index (χ0) is 19.5. The summed E-state index contributed by atoms with van der Waals surface area (Å²) in [6.45, 7) is 4.39. The molecule has 28 heavy (non-hydrogen) atoms. The first kappa shape index (κ1) is 19.0. The summed E-state index contributed by atoms with van der Waals surface area (Å²) >= 11 is 7.84. The Hall–Kier alpha value is -2.31. The molecule has 0 unspecified atom stereocenters. The fourth-order valence-corrected chi connectivity index (χ4v) is 4.54. The molecule has 5 nitrogen and oxygen atoms in total. The number of hydrogen-bond donors (Lipinski definition) is 0. The van der Waals surface area contributed by atoms with Gasteiger partial charge in [0.05, 0.1) is 17.6 Å². The highest BCUT2D eigenvalue weighted by Crippen LogP contribution is 2.26. The van der Waals surface area contributed by atoms with E-state index in [4.69, 9.17) is 21.0 Å². The molecule has 146 valence electrons. The largest absolute Gasteiger partial charge is 0.463 e. The van der Waals surface area contributed by atoms with Crippen molar-refractivity contribution < 1.29 is 9.21 Å². The molecule has 3 aromatic rings. The zero-order valence-electron chi connectivity index (χ0n) is 15.7. The number of carbonyl (C=O) groups is 1. The molecule has 0 radical (unpaired) electrons. The number of rotatable bonds is 6. The Labute approximate surface area is 172 Å². The van der Waals surface area contributed by atoms with E-state index in [9.17, 15) is 4.79 Å². The van der Waals surface area contributed by atoms with Crippen molar-refractivity contribution in [3.63, 3.8) is 0 Å². The summed E-state index contributed by atoms with van der Waals surface area (Å²) in [6, 6.07) is 9.61. The molecule has 0 saturated carbocycles. The number of carbonyl (C=O) groups excluding carboxylic acids is 1. The van der Waals surface area contributed by atoms with Crippen molar-refractivity contribution in [3.8, 4) is 11.5 Å². The number of thiazole rings is 1. The van der Waals surface area contributed by atoms with Gasteiger partial charge in [0.2, 0.25) is 5.91 Å². The monoisotopic (exact) mass is 415 g/mol. The molecule has 0 spiro atoms. The molecule has 1 saturated heterocycles. The summed E-state index contributed by atoms with van der Waals surface area (Å²) in [6.07, 6.45) is 4.20. The van der Waals surface area contributed by atoms with E-state index in [1.807, 2.05) is 42.2 Å². The van der Waals surface area contributed by atoms with Crippen LogP contribution in [0.5, 0.6) is 0 Å². The predicted molar refractivity (Wildman–Crippen MR) is 112 cm³/mol. The normalized spacial score (nSPS) is 15.0. The Balaban J connectivity index is 1.65. The molecule has 0 atom stereocenters. The molecule has 1 aliphatic heterocycles. The van der Waals surface area contributed by atoms with Gasteiger partial charge in [-0.05, 0) is 49.6 Å². The summed E-state index contributed by atoms with van der Waals surface area (Å²) in [4.78, 5) is 19.6. The second kappa shape index (κ2) is 8.37. The van der Waals surface area contributed by atoms with Crippen LogP contribution < -0.4 is 4.80 Å². The van der Waals surface area contributed by atoms with Gasteiger partial charge in [-0.1, -0.05) is 17.7 Å². The van der Waals surface area contributed by atoms with Crippen LogP contribution in [0.15, 0.2) is 51.4 Å². The number of benzene rings is 1. The molecule has 1 fully saturated rings. The lowest BCUT2D eigenvalue weighted by atomic mass is 10.2. The van der Waals surface area contributed by atoms with Crippen molar-refractivity contribution in [1.82, 2.24) is 9.47 Å². The Bertz CT molecular complexity index is 1040. The zero-order valence-corrected chi connectivity index (χ0v) is 17.3. The van der Waals surface area contributed by atoms with Crippen LogP contribution in [0.4, 0.5) is 5.69 Å². The predicted octanol–water partition coefficient (Wildman–Crippen LogP) is 5.02. The molecule has 7 heteroatoms. The van der Waals surface area contributed by atoms with Gasteiger partial charge in [-0.2, -0.15) is 0 Å². The summed E-state index contributed by atoms with van der Waals surface area (Å²) in [5, 5.41) is 2.78. The van der Waals surface area contributed by atoms with Crippen molar-refractivity contribution >= 4 is 34.5 Å². The van der Waals surface area contributed by atoms with Gasteiger partial charge in [-0.15, -0.1) is 11.3 Å². The molecule has 0 N–H and O–H groups in total. The van der Waals surface area contributed by atoms with E-state index in [-0.39, 0.29) is 5.91 Å². The number of aromatic nitrogens is 1. The van der Waals surface area contributed by atoms with Crippen molar-refractivity contribution in [2.45, 2.75) is 32.7 Å². The SMILES string of the molecule is Cc1c(Cl)cccc1N=c1scc(-c2ccco2)n1CCCN1CCCC1=O. The first-order valence-electron chi connectivity index (χ1n) is 9.43. The molecule has 0 aliphatic carbocycles. The van der Waals surface area contributed by atoms with E-state index < -0.39 is 0 Å². The van der Waals surface area contributed by atoms with Gasteiger partial charge in [0.1, 0.15) is 0 Å². The minimum absolute atomic E-state index is 0.265. The van der Waals surface area contributed by atoms with Gasteiger partial charge in [0, 0.05) is 36.5 Å². The molecule has 0 bridgehead atoms. The van der Waals surface area contributed by atoms with E-state index in [1.54, 1.807) is 17.6 Å². The lowest BCUT2D eigenvalue weighted by Crippen LogP contribution is -2.27. The third-order valence-corrected chi connectivity index (χ3v) is 6.28. The third-order valence-electron chi connectivity index (χ3n) is 5.01. The van der Waals surface area contributed by atoms with Crippen molar-refractivity contribution in [1.29, 1.82) is 0 Å². The number of halogens is 1. The highest BCUT2D eigenvalue weighted by molar-refractivity contribution is 7.07. The molecule has 2 aromatic heterocycles. The Morgan fingerprint density at radius 1 is 1.25 bits per heavy atom. The maximum Gasteiger partial charge on any atom is 0.222 e. The van der Waals surface area contributed by atoms with Crippen LogP contribution in [0.2, 0.25) is 5.02 Å². The van der Waals surface area contributed by atoms with Crippen molar-refractivity contribution in [2.24, 2.45) is 4.99 Å². The topological polar surface area (TPSA) is 50.7 Å². The Morgan fingerprint density at radius 2 is 2.14 bits per heavy atom. The standard InChI is InChI=1S/C21H22ClN3O2S/c1-15-16(22)6-2-7-17(15)23-21-25(12-5-11-24-10-3-9-20(24)26)18(14-28-21)19-8-4-13-27-19/h2,4,6-8,13-14H,3,5,9-12H2,1H3. The minimum atomic E-state index is 0.265. The molecule has 1 amide bonds. The summed E-state index contributed by atoms with van der Waals surface area (Å²) in [5.74, 6) is 1.08. The quantitative estimate of drug-likeness (QED) is 0.567. The van der Waals surface area contributed by atoms with Gasteiger partial charge < -0.3 is 13.9 Å². The number of amides is 1. The third kappa shape index (κ3) is 3.93. The molecule has 1 aliphatic rings. The van der Waals surface area contributed by atoms with Gasteiger partial charge >= 0.3 is 0 Å². The molecular weight excluding hydrogens is 394 g/mol. The van der Waals surface area contributed by atoms with Crippen molar-refractivity contribution in [2.75, 3.05) is 13.1 Å². The molecule has 1 aromatic carbocycles. The highest BCUT2D eigenvalue weighted by Gasteiger charge is 2.19. The van der Waals surface area contributed by atoms with Crippen LogP contribution in [-0.4, -0.2) is 28.5 Å². The number of nitrogens with zero attached hydrogens (tertiary/aromatic N) is 3. The lowest BCUT2D eigenvalue weighted by Gasteiger charge is -2.16. The molecular formula is C21H22ClN3O2S. The Kier molecular flexibility index (Phi) is 5.69. The minimum Gasteiger partial charge on any atom is -0.463 e. The summed E-state index contributed by atoms with van der Waals surface area (Å²) < 4.78 is 7.79. The maximum absolute atomic E-state index is 11.9. The van der Waals surface area contributed by atoms with Gasteiger partial charge in [0.25, 0.3) is 0 Å². The van der Waals surface area contributed by atoms with E-state index in [0.717, 1.165) is 60.0 Å². The first-order chi connectivity index (χ1) is 13.6. The van der Waals surface area contributed by atoms with E-state index in [2.05, 4.69) is 9.95 Å². The van der Waals surface area contributed by atoms with Gasteiger partial charge in [0.15, 0.2) is 10.6 Å². The smallest absolute Gasteiger partial charge is 0.222 e. The van der Waals surface area contributed by atoms with Gasteiger partial charge in [-0.25, -0.2) is 4.99 Å². The highest BCUT2D eigenvalue weighted by atomic mass is 35.5. The van der Waals surface area contributed by atoms with E-state index in [1.165, 1.54) is 0 Å². The van der Waals surface area contributed by atoms with E-state index >= 15 is 0 Å². The number of furan rings is 1. The van der Waals surface area contributed by atoms with Crippen LogP contribution in [0.3, 0.4) is 0 Å². The van der Waals surface area contributed by atoms with Crippen LogP contribution in [0.1, 0.15) is 24.8 Å². The number of hydrogen-bond acceptors (Lipinski definition) is 4. The van der Waals surface area contributed by atoms with Crippen LogP contribution >= 0.6 is 22.9 Å². The molecule has 3 heterocycles. The lowest BCUT2D eigenvalue weighted by molar-refractivity contribution is -0.127. The van der Waals surface area contributed by atoms with E-state index in [0.29, 0.717) is 11.4 Å². The average Bonchev–Trinajstić information content (AvgIpc) is 3.42.